The molecule has 2 rings (SSSR count). The minimum Gasteiger partial charge on any atom is -0.342 e. The Morgan fingerprint density at radius 3 is 2.45 bits per heavy atom. The van der Waals surface area contributed by atoms with E-state index in [2.05, 4.69) is 4.72 Å². The van der Waals surface area contributed by atoms with Crippen molar-refractivity contribution in [1.29, 1.82) is 5.26 Å². The Kier molecular flexibility index (Phi) is 5.52. The molecule has 22 heavy (non-hydrogen) atoms. The third-order valence-electron chi connectivity index (χ3n) is 3.67. The van der Waals surface area contributed by atoms with Gasteiger partial charge in [-0.1, -0.05) is 25.0 Å². The van der Waals surface area contributed by atoms with Crippen LogP contribution in [0.25, 0.3) is 0 Å². The summed E-state index contributed by atoms with van der Waals surface area (Å²) in [5, 5.41) is 8.98. The second-order valence-corrected chi connectivity index (χ2v) is 6.96. The van der Waals surface area contributed by atoms with Crippen LogP contribution in [-0.4, -0.2) is 38.9 Å². The number of hydrogen-bond acceptors (Lipinski definition) is 4. The molecule has 118 valence electrons. The third kappa shape index (κ3) is 4.06. The molecular formula is C15H19N3O3S. The van der Waals surface area contributed by atoms with Gasteiger partial charge in [0.15, 0.2) is 0 Å². The highest BCUT2D eigenvalue weighted by molar-refractivity contribution is 7.89. The van der Waals surface area contributed by atoms with Gasteiger partial charge in [0.2, 0.25) is 15.9 Å². The molecule has 0 spiro atoms. The lowest BCUT2D eigenvalue weighted by molar-refractivity contribution is -0.129. The van der Waals surface area contributed by atoms with Crippen LogP contribution in [0.4, 0.5) is 0 Å². The summed E-state index contributed by atoms with van der Waals surface area (Å²) < 4.78 is 26.8. The molecule has 0 aromatic heterocycles. The first kappa shape index (κ1) is 16.5. The van der Waals surface area contributed by atoms with E-state index in [1.165, 1.54) is 12.1 Å². The van der Waals surface area contributed by atoms with Crippen LogP contribution in [0.5, 0.6) is 0 Å². The average Bonchev–Trinajstić information content (AvgIpc) is 2.82. The monoisotopic (exact) mass is 321 g/mol. The van der Waals surface area contributed by atoms with E-state index in [1.54, 1.807) is 17.0 Å². The molecular weight excluding hydrogens is 302 g/mol. The van der Waals surface area contributed by atoms with E-state index in [-0.39, 0.29) is 22.9 Å². The topological polar surface area (TPSA) is 90.3 Å². The van der Waals surface area contributed by atoms with Gasteiger partial charge in [-0.25, -0.2) is 13.1 Å². The molecule has 0 unspecified atom stereocenters. The molecule has 1 heterocycles. The van der Waals surface area contributed by atoms with E-state index in [1.807, 2.05) is 6.07 Å². The minimum atomic E-state index is -3.87. The highest BCUT2D eigenvalue weighted by Crippen LogP contribution is 2.14. The van der Waals surface area contributed by atoms with Crippen molar-refractivity contribution in [2.45, 2.75) is 30.6 Å². The Morgan fingerprint density at radius 1 is 1.18 bits per heavy atom. The summed E-state index contributed by atoms with van der Waals surface area (Å²) >= 11 is 0. The van der Waals surface area contributed by atoms with Crippen LogP contribution in [-0.2, 0) is 14.8 Å². The number of carbonyl (C=O) groups excluding carboxylic acids is 1. The number of benzene rings is 1. The second-order valence-electron chi connectivity index (χ2n) is 5.23. The maximum atomic E-state index is 12.2. The highest BCUT2D eigenvalue weighted by Gasteiger charge is 2.21. The van der Waals surface area contributed by atoms with Crippen LogP contribution < -0.4 is 4.72 Å². The van der Waals surface area contributed by atoms with Gasteiger partial charge in [-0.3, -0.25) is 4.79 Å². The van der Waals surface area contributed by atoms with Gasteiger partial charge in [0.1, 0.15) is 6.07 Å². The summed E-state index contributed by atoms with van der Waals surface area (Å²) in [6, 6.07) is 7.79. The summed E-state index contributed by atoms with van der Waals surface area (Å²) in [5.41, 5.74) is 0.0669. The van der Waals surface area contributed by atoms with Gasteiger partial charge >= 0.3 is 0 Å². The molecule has 1 aromatic carbocycles. The lowest BCUT2D eigenvalue weighted by Crippen LogP contribution is -2.40. The SMILES string of the molecule is N#Cc1ccccc1S(=O)(=O)NCC(=O)N1CCCCCC1. The number of amides is 1. The number of sulfonamides is 1. The second kappa shape index (κ2) is 7.38. The highest BCUT2D eigenvalue weighted by atomic mass is 32.2. The van der Waals surface area contributed by atoms with Crippen LogP contribution in [0.2, 0.25) is 0 Å². The number of nitrogens with one attached hydrogen (secondary N) is 1. The van der Waals surface area contributed by atoms with E-state index >= 15 is 0 Å². The van der Waals surface area contributed by atoms with Crippen molar-refractivity contribution in [2.24, 2.45) is 0 Å². The fourth-order valence-electron chi connectivity index (χ4n) is 2.46. The van der Waals surface area contributed by atoms with Crippen molar-refractivity contribution in [3.05, 3.63) is 29.8 Å². The zero-order valence-electron chi connectivity index (χ0n) is 12.3. The Bertz CT molecular complexity index is 672. The molecule has 1 amide bonds. The minimum absolute atomic E-state index is 0.0669. The molecule has 0 saturated carbocycles. The molecule has 6 nitrogen and oxygen atoms in total. The van der Waals surface area contributed by atoms with Gasteiger partial charge < -0.3 is 4.90 Å². The molecule has 1 aliphatic rings. The zero-order valence-corrected chi connectivity index (χ0v) is 13.1. The van der Waals surface area contributed by atoms with Crippen molar-refractivity contribution >= 4 is 15.9 Å². The fourth-order valence-corrected chi connectivity index (χ4v) is 3.59. The van der Waals surface area contributed by atoms with Crippen molar-refractivity contribution in [2.75, 3.05) is 19.6 Å². The molecule has 0 bridgehead atoms. The first-order valence-electron chi connectivity index (χ1n) is 7.31. The third-order valence-corrected chi connectivity index (χ3v) is 5.13. The molecule has 0 radical (unpaired) electrons. The van der Waals surface area contributed by atoms with Crippen molar-refractivity contribution in [3.63, 3.8) is 0 Å². The lowest BCUT2D eigenvalue weighted by Gasteiger charge is -2.20. The van der Waals surface area contributed by atoms with Crippen LogP contribution in [0, 0.1) is 11.3 Å². The number of likely N-dealkylation sites (tertiary alicyclic amines) is 1. The van der Waals surface area contributed by atoms with E-state index in [0.717, 1.165) is 25.7 Å². The Balaban J connectivity index is 2.03. The smallest absolute Gasteiger partial charge is 0.242 e. The first-order valence-corrected chi connectivity index (χ1v) is 8.79. The predicted octanol–water partition coefficient (Wildman–Crippen LogP) is 1.24. The van der Waals surface area contributed by atoms with Crippen LogP contribution in [0.1, 0.15) is 31.2 Å². The molecule has 1 N–H and O–H groups in total. The maximum absolute atomic E-state index is 12.2. The van der Waals surface area contributed by atoms with Crippen molar-refractivity contribution in [1.82, 2.24) is 9.62 Å². The molecule has 1 aliphatic heterocycles. The summed E-state index contributed by atoms with van der Waals surface area (Å²) in [5.74, 6) is -0.222. The Hall–Kier alpha value is -1.91. The summed E-state index contributed by atoms with van der Waals surface area (Å²) in [4.78, 5) is 13.7. The number of nitriles is 1. The van der Waals surface area contributed by atoms with E-state index in [9.17, 15) is 13.2 Å². The molecule has 1 fully saturated rings. The fraction of sp³-hybridized carbons (Fsp3) is 0.467. The number of hydrogen-bond donors (Lipinski definition) is 1. The standard InChI is InChI=1S/C15H19N3O3S/c16-11-13-7-3-4-8-14(13)22(20,21)17-12-15(19)18-9-5-1-2-6-10-18/h3-4,7-8,17H,1-2,5-6,9-10,12H2. The van der Waals surface area contributed by atoms with Crippen LogP contribution >= 0.6 is 0 Å². The van der Waals surface area contributed by atoms with Gasteiger partial charge in [-0.05, 0) is 25.0 Å². The van der Waals surface area contributed by atoms with Crippen LogP contribution in [0.3, 0.4) is 0 Å². The lowest BCUT2D eigenvalue weighted by atomic mass is 10.2. The number of rotatable bonds is 4. The summed E-state index contributed by atoms with van der Waals surface area (Å²) in [6.45, 7) is 1.08. The zero-order chi connectivity index (χ0) is 16.0. The van der Waals surface area contributed by atoms with Crippen molar-refractivity contribution in [3.8, 4) is 6.07 Å². The number of nitrogens with zero attached hydrogens (tertiary/aromatic N) is 2. The van der Waals surface area contributed by atoms with Crippen LogP contribution in [0.15, 0.2) is 29.2 Å². The number of carbonyl (C=O) groups is 1. The molecule has 1 aromatic rings. The quantitative estimate of drug-likeness (QED) is 0.903. The Morgan fingerprint density at radius 2 is 1.82 bits per heavy atom. The molecule has 1 saturated heterocycles. The normalized spacial score (nSPS) is 15.9. The van der Waals surface area contributed by atoms with Crippen molar-refractivity contribution < 1.29 is 13.2 Å². The van der Waals surface area contributed by atoms with Gasteiger partial charge in [-0.15, -0.1) is 0 Å². The largest absolute Gasteiger partial charge is 0.342 e. The average molecular weight is 321 g/mol. The van der Waals surface area contributed by atoms with Gasteiger partial charge in [0.25, 0.3) is 0 Å². The first-order chi connectivity index (χ1) is 10.5. The Labute approximate surface area is 130 Å². The maximum Gasteiger partial charge on any atom is 0.242 e. The summed E-state index contributed by atoms with van der Waals surface area (Å²) in [7, 11) is -3.87. The molecule has 7 heteroatoms. The molecule has 0 aliphatic carbocycles. The van der Waals surface area contributed by atoms with Gasteiger partial charge in [-0.2, -0.15) is 5.26 Å². The van der Waals surface area contributed by atoms with Gasteiger partial charge in [0, 0.05) is 13.1 Å². The van der Waals surface area contributed by atoms with E-state index < -0.39 is 10.0 Å². The molecule has 0 atom stereocenters. The van der Waals surface area contributed by atoms with E-state index in [4.69, 9.17) is 5.26 Å². The van der Waals surface area contributed by atoms with Gasteiger partial charge in [0.05, 0.1) is 17.0 Å². The summed E-state index contributed by atoms with van der Waals surface area (Å²) in [6.07, 6.45) is 4.11. The van der Waals surface area contributed by atoms with E-state index in [0.29, 0.717) is 13.1 Å². The predicted molar refractivity (Wildman–Crippen MR) is 81.4 cm³/mol.